The van der Waals surface area contributed by atoms with Gasteiger partial charge in [-0.2, -0.15) is 5.10 Å². The molecule has 3 aromatic rings. The molecule has 2 heterocycles. The fourth-order valence-electron chi connectivity index (χ4n) is 2.16. The summed E-state index contributed by atoms with van der Waals surface area (Å²) in [4.78, 5) is 5.23. The Morgan fingerprint density at radius 3 is 2.87 bits per heavy atom. The highest BCUT2D eigenvalue weighted by atomic mass is 32.1. The van der Waals surface area contributed by atoms with Gasteiger partial charge in [-0.3, -0.25) is 4.99 Å². The van der Waals surface area contributed by atoms with Crippen molar-refractivity contribution < 1.29 is 8.81 Å². The maximum absolute atomic E-state index is 13.4. The Morgan fingerprint density at radius 2 is 2.17 bits per heavy atom. The van der Waals surface area contributed by atoms with Crippen LogP contribution in [-0.2, 0) is 0 Å². The third-order valence-electron chi connectivity index (χ3n) is 3.24. The highest BCUT2D eigenvalue weighted by Gasteiger charge is 2.10. The van der Waals surface area contributed by atoms with E-state index in [1.807, 2.05) is 37.4 Å². The van der Waals surface area contributed by atoms with Crippen molar-refractivity contribution in [2.75, 3.05) is 6.54 Å². The van der Waals surface area contributed by atoms with Crippen molar-refractivity contribution in [1.82, 2.24) is 4.68 Å². The van der Waals surface area contributed by atoms with Gasteiger partial charge >= 0.3 is 0 Å². The van der Waals surface area contributed by atoms with E-state index in [1.165, 1.54) is 23.5 Å². The summed E-state index contributed by atoms with van der Waals surface area (Å²) >= 11 is 1.49. The van der Waals surface area contributed by atoms with Gasteiger partial charge in [0.2, 0.25) is 4.80 Å². The SMILES string of the molecule is CCN=c1scc(-c2ccco2)n1N=C(C)c1cccc(F)c1. The van der Waals surface area contributed by atoms with Crippen LogP contribution >= 0.6 is 11.3 Å². The number of hydrogen-bond donors (Lipinski definition) is 0. The second-order valence-electron chi connectivity index (χ2n) is 4.86. The summed E-state index contributed by atoms with van der Waals surface area (Å²) in [7, 11) is 0. The van der Waals surface area contributed by atoms with Gasteiger partial charge in [0.1, 0.15) is 11.5 Å². The molecule has 0 N–H and O–H groups in total. The van der Waals surface area contributed by atoms with E-state index in [2.05, 4.69) is 10.1 Å². The van der Waals surface area contributed by atoms with Gasteiger partial charge in [-0.15, -0.1) is 11.3 Å². The molecule has 0 aliphatic rings. The molecule has 0 saturated heterocycles. The number of furan rings is 1. The maximum Gasteiger partial charge on any atom is 0.206 e. The van der Waals surface area contributed by atoms with Crippen molar-refractivity contribution in [3.63, 3.8) is 0 Å². The lowest BCUT2D eigenvalue weighted by molar-refractivity contribution is 0.575. The zero-order valence-corrected chi connectivity index (χ0v) is 13.7. The molecule has 1 aromatic carbocycles. The molecule has 4 nitrogen and oxygen atoms in total. The summed E-state index contributed by atoms with van der Waals surface area (Å²) in [6.07, 6.45) is 1.62. The molecule has 0 radical (unpaired) electrons. The Morgan fingerprint density at radius 1 is 1.30 bits per heavy atom. The molecule has 0 fully saturated rings. The highest BCUT2D eigenvalue weighted by Crippen LogP contribution is 2.20. The highest BCUT2D eigenvalue weighted by molar-refractivity contribution is 7.07. The van der Waals surface area contributed by atoms with Crippen LogP contribution in [-0.4, -0.2) is 16.9 Å². The summed E-state index contributed by atoms with van der Waals surface area (Å²) < 4.78 is 20.6. The van der Waals surface area contributed by atoms with Crippen molar-refractivity contribution in [3.8, 4) is 11.5 Å². The van der Waals surface area contributed by atoms with Crippen molar-refractivity contribution in [2.45, 2.75) is 13.8 Å². The normalized spacial score (nSPS) is 12.8. The van der Waals surface area contributed by atoms with Crippen LogP contribution in [0.4, 0.5) is 4.39 Å². The van der Waals surface area contributed by atoms with Crippen molar-refractivity contribution in [2.24, 2.45) is 10.1 Å². The van der Waals surface area contributed by atoms with Gasteiger partial charge in [-0.1, -0.05) is 12.1 Å². The predicted molar refractivity (Wildman–Crippen MR) is 90.1 cm³/mol. The Bertz CT molecular complexity index is 891. The molecule has 2 aromatic heterocycles. The molecule has 3 rings (SSSR count). The van der Waals surface area contributed by atoms with Crippen LogP contribution in [0.25, 0.3) is 11.5 Å². The number of nitrogens with zero attached hydrogens (tertiary/aromatic N) is 3. The zero-order chi connectivity index (χ0) is 16.2. The number of aromatic nitrogens is 1. The average Bonchev–Trinajstić information content (AvgIpc) is 3.18. The van der Waals surface area contributed by atoms with Gasteiger partial charge in [-0.05, 0) is 38.1 Å². The minimum Gasteiger partial charge on any atom is -0.463 e. The minimum absolute atomic E-state index is 0.280. The van der Waals surface area contributed by atoms with Gasteiger partial charge in [0.15, 0.2) is 5.76 Å². The summed E-state index contributed by atoms with van der Waals surface area (Å²) in [6, 6.07) is 10.1. The molecule has 0 atom stereocenters. The molecule has 0 aliphatic carbocycles. The first-order chi connectivity index (χ1) is 11.2. The first-order valence-corrected chi connectivity index (χ1v) is 8.13. The molecule has 6 heteroatoms. The van der Waals surface area contributed by atoms with E-state index < -0.39 is 0 Å². The molecule has 0 amide bonds. The fourth-order valence-corrected chi connectivity index (χ4v) is 3.03. The number of thiazole rings is 1. The summed E-state index contributed by atoms with van der Waals surface area (Å²) in [5.74, 6) is 0.437. The first-order valence-electron chi connectivity index (χ1n) is 7.25. The van der Waals surface area contributed by atoms with Gasteiger partial charge < -0.3 is 4.42 Å². The summed E-state index contributed by atoms with van der Waals surface area (Å²) in [5.41, 5.74) is 2.26. The molecule has 0 spiro atoms. The molecular weight excluding hydrogens is 313 g/mol. The number of halogens is 1. The van der Waals surface area contributed by atoms with Crippen LogP contribution in [0, 0.1) is 5.82 Å². The molecule has 0 bridgehead atoms. The Hall–Kier alpha value is -2.47. The van der Waals surface area contributed by atoms with E-state index in [0.717, 1.165) is 21.8 Å². The van der Waals surface area contributed by atoms with Crippen LogP contribution in [0.5, 0.6) is 0 Å². The number of rotatable bonds is 4. The van der Waals surface area contributed by atoms with E-state index in [4.69, 9.17) is 4.42 Å². The quantitative estimate of drug-likeness (QED) is 0.663. The molecule has 118 valence electrons. The second kappa shape index (κ2) is 6.75. The Kier molecular flexibility index (Phi) is 4.52. The first kappa shape index (κ1) is 15.4. The largest absolute Gasteiger partial charge is 0.463 e. The van der Waals surface area contributed by atoms with E-state index >= 15 is 0 Å². The van der Waals surface area contributed by atoms with Crippen LogP contribution in [0.15, 0.2) is 62.6 Å². The Labute approximate surface area is 137 Å². The topological polar surface area (TPSA) is 42.8 Å². The molecule has 0 aliphatic heterocycles. The monoisotopic (exact) mass is 329 g/mol. The molecule has 0 saturated carbocycles. The smallest absolute Gasteiger partial charge is 0.206 e. The summed E-state index contributed by atoms with van der Waals surface area (Å²) in [5, 5.41) is 6.58. The third-order valence-corrected chi connectivity index (χ3v) is 4.10. The van der Waals surface area contributed by atoms with Gasteiger partial charge in [0.05, 0.1) is 12.0 Å². The molecule has 23 heavy (non-hydrogen) atoms. The van der Waals surface area contributed by atoms with Crippen molar-refractivity contribution in [3.05, 3.63) is 64.2 Å². The number of hydrogen-bond acceptors (Lipinski definition) is 4. The van der Waals surface area contributed by atoms with E-state index in [1.54, 1.807) is 17.0 Å². The minimum atomic E-state index is -0.280. The van der Waals surface area contributed by atoms with Crippen LogP contribution in [0.1, 0.15) is 19.4 Å². The van der Waals surface area contributed by atoms with Crippen LogP contribution < -0.4 is 4.80 Å². The second-order valence-corrected chi connectivity index (χ2v) is 5.70. The number of benzene rings is 1. The van der Waals surface area contributed by atoms with E-state index in [-0.39, 0.29) is 5.82 Å². The van der Waals surface area contributed by atoms with Gasteiger partial charge in [0, 0.05) is 17.5 Å². The Balaban J connectivity index is 2.13. The van der Waals surface area contributed by atoms with Crippen LogP contribution in [0.2, 0.25) is 0 Å². The summed E-state index contributed by atoms with van der Waals surface area (Å²) in [6.45, 7) is 4.48. The molecular formula is C17H16FN3OS. The average molecular weight is 329 g/mol. The lowest BCUT2D eigenvalue weighted by Gasteiger charge is -2.04. The lowest BCUT2D eigenvalue weighted by Crippen LogP contribution is -2.14. The van der Waals surface area contributed by atoms with Crippen LogP contribution in [0.3, 0.4) is 0 Å². The van der Waals surface area contributed by atoms with Gasteiger partial charge in [0.25, 0.3) is 0 Å². The molecule has 0 unspecified atom stereocenters. The van der Waals surface area contributed by atoms with E-state index in [0.29, 0.717) is 12.3 Å². The van der Waals surface area contributed by atoms with E-state index in [9.17, 15) is 4.39 Å². The lowest BCUT2D eigenvalue weighted by atomic mass is 10.1. The third kappa shape index (κ3) is 3.32. The van der Waals surface area contributed by atoms with Gasteiger partial charge in [-0.25, -0.2) is 9.07 Å². The standard InChI is InChI=1S/C17H16FN3OS/c1-3-19-17-21(15(11-23-17)16-8-5-9-22-16)20-12(2)13-6-4-7-14(18)10-13/h4-11H,3H2,1-2H3. The van der Waals surface area contributed by atoms with Crippen molar-refractivity contribution in [1.29, 1.82) is 0 Å². The van der Waals surface area contributed by atoms with Crippen molar-refractivity contribution >= 4 is 17.0 Å². The fraction of sp³-hybridized carbons (Fsp3) is 0.176. The zero-order valence-electron chi connectivity index (χ0n) is 12.9. The predicted octanol–water partition coefficient (Wildman–Crippen LogP) is 4.14. The maximum atomic E-state index is 13.4.